The van der Waals surface area contributed by atoms with Crippen LogP contribution < -0.4 is 0 Å². The molecule has 7 heteroatoms. The topological polar surface area (TPSA) is 150 Å². The molecule has 0 saturated carbocycles. The molecule has 0 amide bonds. The molecule has 0 bridgehead atoms. The number of rotatable bonds is 0. The maximum Gasteiger partial charge on any atom is 3.00 e. The summed E-state index contributed by atoms with van der Waals surface area (Å²) in [4.78, 5) is 0. The van der Waals surface area contributed by atoms with Crippen LogP contribution in [0.5, 0.6) is 0 Å². The zero-order chi connectivity index (χ0) is 0. The Balaban J connectivity index is 0. The fourth-order valence-corrected chi connectivity index (χ4v) is 0. The molecule has 0 spiro atoms. The van der Waals surface area contributed by atoms with Gasteiger partial charge in [0.05, 0.1) is 0 Å². The molecule has 0 saturated heterocycles. The van der Waals surface area contributed by atoms with Crippen molar-refractivity contribution in [1.29, 1.82) is 0 Å². The first-order valence-electron chi connectivity index (χ1n) is 0. The Kier molecular flexibility index (Phi) is 48700. The van der Waals surface area contributed by atoms with Crippen LogP contribution in [-0.2, 0) is 30.9 Å². The average molecular weight is 173 g/mol. The first-order valence-corrected chi connectivity index (χ1v) is 0. The Hall–Kier alpha value is 0.682. The fourth-order valence-electron chi connectivity index (χ4n) is 0. The largest absolute Gasteiger partial charge is 3.00 e. The monoisotopic (exact) mass is 173 g/mol. The van der Waals surface area contributed by atoms with E-state index in [2.05, 4.69) is 0 Å². The van der Waals surface area contributed by atoms with Gasteiger partial charge in [-0.2, -0.15) is 0 Å². The molecule has 5 N–H and O–H groups in total. The molecule has 0 aromatic rings. The zero-order valence-electron chi connectivity index (χ0n) is 3.35. The number of hydrogen-bond acceptors (Lipinski definition) is 5. The van der Waals surface area contributed by atoms with Gasteiger partial charge in [-0.15, -0.1) is 0 Å². The summed E-state index contributed by atoms with van der Waals surface area (Å²) in [7, 11) is 0. The van der Waals surface area contributed by atoms with Crippen LogP contribution in [0.1, 0.15) is 0 Å². The zero-order valence-corrected chi connectivity index (χ0v) is 6.04. The minimum Gasteiger partial charge on any atom is -0.870 e. The van der Waals surface area contributed by atoms with Gasteiger partial charge in [-0.3, -0.25) is 0 Å². The Morgan fingerprint density at radius 1 is 0.429 bits per heavy atom. The van der Waals surface area contributed by atoms with Crippen LogP contribution in [0, 0.1) is 0 Å². The SMILES string of the molecule is [Cr+3].[OH-].[OH-].[OH-].[OH-].[OH-].[SH4+2]. The Bertz CT molecular complexity index is 8.04. The predicted molar refractivity (Wildman–Crippen MR) is 22.6 cm³/mol. The van der Waals surface area contributed by atoms with Crippen LogP contribution >= 0.6 is 0 Å². The van der Waals surface area contributed by atoms with Crippen molar-refractivity contribution in [2.75, 3.05) is 0 Å². The van der Waals surface area contributed by atoms with Gasteiger partial charge in [0.25, 0.3) is 0 Å². The van der Waals surface area contributed by atoms with Gasteiger partial charge < -0.3 is 27.4 Å². The van der Waals surface area contributed by atoms with E-state index in [1.807, 2.05) is 0 Å². The molecule has 51 valence electrons. The summed E-state index contributed by atoms with van der Waals surface area (Å²) in [6.07, 6.45) is 0. The molecular weight excluding hydrogens is 164 g/mol. The van der Waals surface area contributed by atoms with Gasteiger partial charge in [-0.25, -0.2) is 13.5 Å². The Labute approximate surface area is 58.8 Å². The van der Waals surface area contributed by atoms with Gasteiger partial charge in [-0.05, 0) is 0 Å². The quantitative estimate of drug-likeness (QED) is 0.416. The molecular formula is H9CrO5S. The molecule has 0 aliphatic carbocycles. The first-order chi connectivity index (χ1) is 0. The summed E-state index contributed by atoms with van der Waals surface area (Å²) in [5, 5.41) is 0. The van der Waals surface area contributed by atoms with E-state index in [1.54, 1.807) is 0 Å². The minimum absolute atomic E-state index is 0. The van der Waals surface area contributed by atoms with E-state index in [9.17, 15) is 0 Å². The third-order valence-corrected chi connectivity index (χ3v) is 0. The minimum atomic E-state index is 0. The van der Waals surface area contributed by atoms with E-state index in [1.165, 1.54) is 0 Å². The van der Waals surface area contributed by atoms with Crippen molar-refractivity contribution in [3.63, 3.8) is 0 Å². The first kappa shape index (κ1) is 737. The molecule has 0 aliphatic heterocycles. The van der Waals surface area contributed by atoms with Crippen LogP contribution in [0.3, 0.4) is 0 Å². The molecule has 1 radical (unpaired) electrons. The second kappa shape index (κ2) is 463. The summed E-state index contributed by atoms with van der Waals surface area (Å²) in [5.74, 6) is 0. The van der Waals surface area contributed by atoms with Crippen LogP contribution in [0.25, 0.3) is 0 Å². The summed E-state index contributed by atoms with van der Waals surface area (Å²) in [6, 6.07) is 0. The second-order valence-electron chi connectivity index (χ2n) is 0. The normalized spacial score (nSPS) is 0. The maximum atomic E-state index is 0. The molecule has 0 heterocycles. The van der Waals surface area contributed by atoms with Gasteiger partial charge in [0, 0.05) is 0 Å². The molecule has 5 nitrogen and oxygen atoms in total. The van der Waals surface area contributed by atoms with Crippen molar-refractivity contribution < 1.29 is 44.7 Å². The molecule has 0 atom stereocenters. The van der Waals surface area contributed by atoms with Crippen molar-refractivity contribution in [3.8, 4) is 0 Å². The van der Waals surface area contributed by atoms with Crippen LogP contribution in [0.15, 0.2) is 0 Å². The second-order valence-corrected chi connectivity index (χ2v) is 0. The van der Waals surface area contributed by atoms with Crippen molar-refractivity contribution in [2.45, 2.75) is 0 Å². The molecule has 0 rings (SSSR count). The third-order valence-electron chi connectivity index (χ3n) is 0. The predicted octanol–water partition coefficient (Wildman–Crippen LogP) is -1.96. The van der Waals surface area contributed by atoms with Gasteiger partial charge in [0.2, 0.25) is 0 Å². The third kappa shape index (κ3) is 315. The van der Waals surface area contributed by atoms with Crippen LogP contribution in [0.2, 0.25) is 0 Å². The molecule has 0 unspecified atom stereocenters. The summed E-state index contributed by atoms with van der Waals surface area (Å²) in [5.41, 5.74) is 0. The van der Waals surface area contributed by atoms with Gasteiger partial charge >= 0.3 is 17.4 Å². The molecule has 0 aromatic carbocycles. The van der Waals surface area contributed by atoms with Crippen LogP contribution in [0.4, 0.5) is 0 Å². The molecule has 7 heavy (non-hydrogen) atoms. The molecule has 0 fully saturated rings. The van der Waals surface area contributed by atoms with Crippen LogP contribution in [-0.4, -0.2) is 27.4 Å². The van der Waals surface area contributed by atoms with Crippen molar-refractivity contribution in [2.24, 2.45) is 0 Å². The van der Waals surface area contributed by atoms with E-state index < -0.39 is 0 Å². The summed E-state index contributed by atoms with van der Waals surface area (Å²) in [6.45, 7) is 0. The fraction of sp³-hybridized carbons (Fsp3) is 0. The van der Waals surface area contributed by atoms with E-state index >= 15 is 0 Å². The Morgan fingerprint density at radius 2 is 0.429 bits per heavy atom. The maximum absolute atomic E-state index is 0. The smallest absolute Gasteiger partial charge is 0.870 e. The van der Waals surface area contributed by atoms with Gasteiger partial charge in [0.1, 0.15) is 0 Å². The van der Waals surface area contributed by atoms with Crippen molar-refractivity contribution in [1.82, 2.24) is 0 Å². The Morgan fingerprint density at radius 3 is 0.429 bits per heavy atom. The van der Waals surface area contributed by atoms with E-state index in [4.69, 9.17) is 0 Å². The van der Waals surface area contributed by atoms with Crippen molar-refractivity contribution in [3.05, 3.63) is 0 Å². The molecule has 0 aliphatic rings. The van der Waals surface area contributed by atoms with Crippen molar-refractivity contribution >= 4 is 13.5 Å². The van der Waals surface area contributed by atoms with Gasteiger partial charge in [-0.1, -0.05) is 0 Å². The molecule has 0 aromatic heterocycles. The van der Waals surface area contributed by atoms with Gasteiger partial charge in [0.15, 0.2) is 0 Å². The summed E-state index contributed by atoms with van der Waals surface area (Å²) < 4.78 is 0. The average Bonchev–Trinajstić information content (AvgIpc) is 0. The number of hydrogen-bond donors (Lipinski definition) is 0. The van der Waals surface area contributed by atoms with E-state index in [-0.39, 0.29) is 58.2 Å². The van der Waals surface area contributed by atoms with E-state index in [0.29, 0.717) is 0 Å². The summed E-state index contributed by atoms with van der Waals surface area (Å²) >= 11 is 0. The van der Waals surface area contributed by atoms with E-state index in [0.717, 1.165) is 0 Å². The standard InChI is InChI=1S/Cr.5H2O.H4S/h;5*1H2;1H4/q+3;;;;;;+2/p-5.